The number of carbonyl (C=O) groups excluding carboxylic acids is 2. The molecular weight excluding hydrogens is 302 g/mol. The largest absolute Gasteiger partial charge is 0.352 e. The summed E-state index contributed by atoms with van der Waals surface area (Å²) in [6.45, 7) is 8.34. The number of nitrogens with zero attached hydrogens (tertiary/aromatic N) is 2. The van der Waals surface area contributed by atoms with E-state index in [0.29, 0.717) is 26.2 Å². The monoisotopic (exact) mass is 331 g/mol. The van der Waals surface area contributed by atoms with Crippen molar-refractivity contribution in [1.82, 2.24) is 15.1 Å². The van der Waals surface area contributed by atoms with Gasteiger partial charge in [-0.25, -0.2) is 0 Å². The molecule has 1 aliphatic rings. The van der Waals surface area contributed by atoms with Crippen molar-refractivity contribution in [3.05, 3.63) is 35.9 Å². The maximum Gasteiger partial charge on any atom is 0.236 e. The first-order chi connectivity index (χ1) is 11.6. The summed E-state index contributed by atoms with van der Waals surface area (Å²) >= 11 is 0. The Morgan fingerprint density at radius 1 is 1.12 bits per heavy atom. The van der Waals surface area contributed by atoms with Crippen LogP contribution in [-0.4, -0.2) is 54.3 Å². The van der Waals surface area contributed by atoms with E-state index in [1.165, 1.54) is 0 Å². The number of benzene rings is 1. The molecule has 1 fully saturated rings. The van der Waals surface area contributed by atoms with Crippen LogP contribution >= 0.6 is 0 Å². The van der Waals surface area contributed by atoms with E-state index in [2.05, 4.69) is 24.1 Å². The van der Waals surface area contributed by atoms with Crippen LogP contribution in [0.2, 0.25) is 0 Å². The fourth-order valence-electron chi connectivity index (χ4n) is 3.06. The van der Waals surface area contributed by atoms with Gasteiger partial charge in [0, 0.05) is 25.6 Å². The van der Waals surface area contributed by atoms with Crippen molar-refractivity contribution in [3.8, 4) is 0 Å². The highest BCUT2D eigenvalue weighted by molar-refractivity contribution is 5.80. The Labute approximate surface area is 145 Å². The predicted octanol–water partition coefficient (Wildman–Crippen LogP) is 1.88. The van der Waals surface area contributed by atoms with E-state index in [-0.39, 0.29) is 17.7 Å². The van der Waals surface area contributed by atoms with Gasteiger partial charge in [0.25, 0.3) is 0 Å². The summed E-state index contributed by atoms with van der Waals surface area (Å²) in [6.07, 6.45) is 1.51. The first-order valence-corrected chi connectivity index (χ1v) is 8.95. The van der Waals surface area contributed by atoms with Crippen molar-refractivity contribution in [2.45, 2.75) is 33.2 Å². The van der Waals surface area contributed by atoms with Gasteiger partial charge in [-0.3, -0.25) is 14.5 Å². The van der Waals surface area contributed by atoms with Crippen molar-refractivity contribution in [2.24, 2.45) is 5.92 Å². The van der Waals surface area contributed by atoms with E-state index < -0.39 is 0 Å². The molecule has 24 heavy (non-hydrogen) atoms. The molecule has 0 aromatic heterocycles. The molecule has 0 saturated carbocycles. The van der Waals surface area contributed by atoms with Gasteiger partial charge in [-0.05, 0) is 31.5 Å². The zero-order chi connectivity index (χ0) is 17.4. The van der Waals surface area contributed by atoms with Crippen molar-refractivity contribution in [3.63, 3.8) is 0 Å². The zero-order valence-electron chi connectivity index (χ0n) is 14.8. The van der Waals surface area contributed by atoms with Gasteiger partial charge in [0.05, 0.1) is 6.54 Å². The lowest BCUT2D eigenvalue weighted by Crippen LogP contribution is -2.46. The number of amides is 2. The van der Waals surface area contributed by atoms with Gasteiger partial charge < -0.3 is 10.2 Å². The van der Waals surface area contributed by atoms with Crippen molar-refractivity contribution in [2.75, 3.05) is 32.7 Å². The Kier molecular flexibility index (Phi) is 7.25. The van der Waals surface area contributed by atoms with Gasteiger partial charge in [0.15, 0.2) is 0 Å². The van der Waals surface area contributed by atoms with Crippen LogP contribution in [0.15, 0.2) is 30.3 Å². The molecule has 1 saturated heterocycles. The third-order valence-electron chi connectivity index (χ3n) is 4.78. The van der Waals surface area contributed by atoms with Gasteiger partial charge in [0.1, 0.15) is 0 Å². The van der Waals surface area contributed by atoms with Crippen molar-refractivity contribution < 1.29 is 9.59 Å². The molecule has 1 N–H and O–H groups in total. The van der Waals surface area contributed by atoms with Gasteiger partial charge in [-0.15, -0.1) is 0 Å². The number of carbonyl (C=O) groups is 2. The summed E-state index contributed by atoms with van der Waals surface area (Å²) in [7, 11) is 0. The molecule has 1 aromatic rings. The SMILES string of the molecule is CCN(CC)CC(=O)N1CCC(C(=O)NCc2ccccc2)CC1. The molecular formula is C19H29N3O2. The summed E-state index contributed by atoms with van der Waals surface area (Å²) in [6, 6.07) is 9.93. The molecule has 0 spiro atoms. The summed E-state index contributed by atoms with van der Waals surface area (Å²) in [5, 5.41) is 3.01. The highest BCUT2D eigenvalue weighted by Crippen LogP contribution is 2.18. The molecule has 132 valence electrons. The first-order valence-electron chi connectivity index (χ1n) is 8.95. The molecule has 1 heterocycles. The number of likely N-dealkylation sites (tertiary alicyclic amines) is 1. The third kappa shape index (κ3) is 5.34. The lowest BCUT2D eigenvalue weighted by Gasteiger charge is -2.32. The van der Waals surface area contributed by atoms with Crippen LogP contribution < -0.4 is 5.32 Å². The Bertz CT molecular complexity index is 521. The minimum atomic E-state index is 0.0196. The van der Waals surface area contributed by atoms with Gasteiger partial charge in [0.2, 0.25) is 11.8 Å². The number of piperidine rings is 1. The Morgan fingerprint density at radius 3 is 2.33 bits per heavy atom. The molecule has 5 heteroatoms. The van der Waals surface area contributed by atoms with Crippen molar-refractivity contribution in [1.29, 1.82) is 0 Å². The molecule has 0 radical (unpaired) electrons. The van der Waals surface area contributed by atoms with Gasteiger partial charge >= 0.3 is 0 Å². The van der Waals surface area contributed by atoms with Gasteiger partial charge in [-0.2, -0.15) is 0 Å². The summed E-state index contributed by atoms with van der Waals surface area (Å²) in [4.78, 5) is 28.6. The van der Waals surface area contributed by atoms with Gasteiger partial charge in [-0.1, -0.05) is 44.2 Å². The maximum absolute atomic E-state index is 12.3. The van der Waals surface area contributed by atoms with Crippen LogP contribution in [0.5, 0.6) is 0 Å². The maximum atomic E-state index is 12.3. The molecule has 5 nitrogen and oxygen atoms in total. The second-order valence-electron chi connectivity index (χ2n) is 6.32. The smallest absolute Gasteiger partial charge is 0.236 e. The zero-order valence-corrected chi connectivity index (χ0v) is 14.8. The minimum absolute atomic E-state index is 0.0196. The minimum Gasteiger partial charge on any atom is -0.352 e. The number of likely N-dealkylation sites (N-methyl/N-ethyl adjacent to an activating group) is 1. The summed E-state index contributed by atoms with van der Waals surface area (Å²) < 4.78 is 0. The van der Waals surface area contributed by atoms with E-state index in [0.717, 1.165) is 31.5 Å². The molecule has 0 bridgehead atoms. The highest BCUT2D eigenvalue weighted by Gasteiger charge is 2.27. The average Bonchev–Trinajstić information content (AvgIpc) is 2.65. The normalized spacial score (nSPS) is 15.5. The molecule has 1 aliphatic heterocycles. The topological polar surface area (TPSA) is 52.7 Å². The van der Waals surface area contributed by atoms with Crippen LogP contribution in [0.4, 0.5) is 0 Å². The number of hydrogen-bond acceptors (Lipinski definition) is 3. The lowest BCUT2D eigenvalue weighted by atomic mass is 9.95. The molecule has 0 unspecified atom stereocenters. The molecule has 0 atom stereocenters. The first kappa shape index (κ1) is 18.5. The van der Waals surface area contributed by atoms with Crippen LogP contribution in [-0.2, 0) is 16.1 Å². The van der Waals surface area contributed by atoms with Crippen LogP contribution in [0, 0.1) is 5.92 Å². The Balaban J connectivity index is 1.73. The third-order valence-corrected chi connectivity index (χ3v) is 4.78. The van der Waals surface area contributed by atoms with E-state index >= 15 is 0 Å². The quantitative estimate of drug-likeness (QED) is 0.830. The fourth-order valence-corrected chi connectivity index (χ4v) is 3.06. The van der Waals surface area contributed by atoms with Crippen molar-refractivity contribution >= 4 is 11.8 Å². The second kappa shape index (κ2) is 9.42. The molecule has 1 aromatic carbocycles. The second-order valence-corrected chi connectivity index (χ2v) is 6.32. The van der Waals surface area contributed by atoms with E-state index in [1.807, 2.05) is 35.2 Å². The van der Waals surface area contributed by atoms with Crippen LogP contribution in [0.25, 0.3) is 0 Å². The predicted molar refractivity (Wildman–Crippen MR) is 95.4 cm³/mol. The number of nitrogens with one attached hydrogen (secondary N) is 1. The van der Waals surface area contributed by atoms with Crippen LogP contribution in [0.3, 0.4) is 0 Å². The average molecular weight is 331 g/mol. The fraction of sp³-hybridized carbons (Fsp3) is 0.579. The van der Waals surface area contributed by atoms with E-state index in [1.54, 1.807) is 0 Å². The summed E-state index contributed by atoms with van der Waals surface area (Å²) in [5.41, 5.74) is 1.11. The number of hydrogen-bond donors (Lipinski definition) is 1. The molecule has 2 rings (SSSR count). The van der Waals surface area contributed by atoms with E-state index in [9.17, 15) is 9.59 Å². The highest BCUT2D eigenvalue weighted by atomic mass is 16.2. The Morgan fingerprint density at radius 2 is 1.75 bits per heavy atom. The number of rotatable bonds is 7. The van der Waals surface area contributed by atoms with Crippen LogP contribution in [0.1, 0.15) is 32.3 Å². The van der Waals surface area contributed by atoms with E-state index in [4.69, 9.17) is 0 Å². The molecule has 2 amide bonds. The molecule has 0 aliphatic carbocycles. The summed E-state index contributed by atoms with van der Waals surface area (Å²) in [5.74, 6) is 0.308. The standard InChI is InChI=1S/C19H29N3O2/c1-3-21(4-2)15-18(23)22-12-10-17(11-13-22)19(24)20-14-16-8-6-5-7-9-16/h5-9,17H,3-4,10-15H2,1-2H3,(H,20,24). The Hall–Kier alpha value is -1.88. The lowest BCUT2D eigenvalue weighted by molar-refractivity contribution is -0.136.